The lowest BCUT2D eigenvalue weighted by molar-refractivity contribution is -0.119. The number of nitrogens with zero attached hydrogens (tertiary/aromatic N) is 1. The van der Waals surface area contributed by atoms with E-state index in [9.17, 15) is 19.2 Å². The van der Waals surface area contributed by atoms with Crippen molar-refractivity contribution in [3.63, 3.8) is 0 Å². The molecule has 3 rings (SSSR count). The van der Waals surface area contributed by atoms with Crippen LogP contribution in [0.5, 0.6) is 5.75 Å². The molecule has 1 N–H and O–H groups in total. The molecule has 0 atom stereocenters. The number of aryl methyl sites for hydroxylation is 1. The summed E-state index contributed by atoms with van der Waals surface area (Å²) in [5, 5.41) is 2.62. The van der Waals surface area contributed by atoms with Crippen LogP contribution in [-0.4, -0.2) is 49.4 Å². The zero-order valence-electron chi connectivity index (χ0n) is 15.6. The first-order valence-electron chi connectivity index (χ1n) is 8.40. The number of anilines is 1. The molecule has 0 saturated heterocycles. The Labute approximate surface area is 161 Å². The third kappa shape index (κ3) is 3.57. The first-order valence-corrected chi connectivity index (χ1v) is 8.40. The van der Waals surface area contributed by atoms with Gasteiger partial charge in [0.1, 0.15) is 5.75 Å². The molecule has 0 aromatic heterocycles. The Hall–Kier alpha value is -3.68. The summed E-state index contributed by atoms with van der Waals surface area (Å²) in [6.45, 7) is 1.35. The van der Waals surface area contributed by atoms with E-state index in [1.165, 1.54) is 32.4 Å². The molecule has 0 bridgehead atoms. The first kappa shape index (κ1) is 19.1. The van der Waals surface area contributed by atoms with Gasteiger partial charge in [0.05, 0.1) is 29.5 Å². The average molecular weight is 382 g/mol. The number of amides is 3. The van der Waals surface area contributed by atoms with Crippen molar-refractivity contribution in [2.45, 2.75) is 6.92 Å². The number of esters is 1. The molecule has 144 valence electrons. The van der Waals surface area contributed by atoms with Gasteiger partial charge in [-0.1, -0.05) is 6.07 Å². The van der Waals surface area contributed by atoms with E-state index in [0.29, 0.717) is 11.4 Å². The molecule has 1 aliphatic heterocycles. The Morgan fingerprint density at radius 3 is 2.46 bits per heavy atom. The van der Waals surface area contributed by atoms with Crippen LogP contribution in [0.15, 0.2) is 36.4 Å². The van der Waals surface area contributed by atoms with Gasteiger partial charge in [-0.2, -0.15) is 0 Å². The molecule has 0 unspecified atom stereocenters. The second kappa shape index (κ2) is 7.51. The summed E-state index contributed by atoms with van der Waals surface area (Å²) in [5.41, 5.74) is 1.84. The van der Waals surface area contributed by atoms with Crippen LogP contribution in [0.3, 0.4) is 0 Å². The minimum atomic E-state index is -0.774. The van der Waals surface area contributed by atoms with Gasteiger partial charge in [0, 0.05) is 7.05 Å². The van der Waals surface area contributed by atoms with E-state index in [1.54, 1.807) is 12.1 Å². The number of methoxy groups -OCH3 is 1. The summed E-state index contributed by atoms with van der Waals surface area (Å²) in [6.07, 6.45) is 0. The molecule has 1 aliphatic rings. The van der Waals surface area contributed by atoms with Crippen molar-refractivity contribution < 1.29 is 28.7 Å². The highest BCUT2D eigenvalue weighted by atomic mass is 16.5. The van der Waals surface area contributed by atoms with Crippen LogP contribution < -0.4 is 10.1 Å². The van der Waals surface area contributed by atoms with Gasteiger partial charge in [-0.3, -0.25) is 19.3 Å². The van der Waals surface area contributed by atoms with E-state index >= 15 is 0 Å². The molecule has 2 aromatic carbocycles. The summed E-state index contributed by atoms with van der Waals surface area (Å²) in [6, 6.07) is 9.37. The molecule has 1 heterocycles. The fraction of sp³-hybridized carbons (Fsp3) is 0.200. The summed E-state index contributed by atoms with van der Waals surface area (Å²) >= 11 is 0. The zero-order valence-corrected chi connectivity index (χ0v) is 15.6. The summed E-state index contributed by atoms with van der Waals surface area (Å²) in [7, 11) is 2.85. The Morgan fingerprint density at radius 2 is 1.75 bits per heavy atom. The van der Waals surface area contributed by atoms with Gasteiger partial charge in [-0.05, 0) is 42.8 Å². The van der Waals surface area contributed by atoms with Gasteiger partial charge < -0.3 is 14.8 Å². The van der Waals surface area contributed by atoms with E-state index < -0.39 is 30.3 Å². The quantitative estimate of drug-likeness (QED) is 0.627. The van der Waals surface area contributed by atoms with Crippen molar-refractivity contribution >= 4 is 29.4 Å². The minimum Gasteiger partial charge on any atom is -0.495 e. The topological polar surface area (TPSA) is 102 Å². The first-order chi connectivity index (χ1) is 13.3. The number of hydrogen-bond donors (Lipinski definition) is 1. The lowest BCUT2D eigenvalue weighted by Crippen LogP contribution is -2.24. The molecular weight excluding hydrogens is 364 g/mol. The number of ether oxygens (including phenoxy) is 2. The molecule has 2 aromatic rings. The lowest BCUT2D eigenvalue weighted by atomic mass is 10.1. The number of carbonyl (C=O) groups is 4. The number of rotatable bonds is 5. The number of nitrogens with one attached hydrogen (secondary N) is 1. The molecular formula is C20H18N2O6. The molecule has 0 radical (unpaired) electrons. The summed E-state index contributed by atoms with van der Waals surface area (Å²) in [4.78, 5) is 49.2. The molecule has 8 heteroatoms. The fourth-order valence-corrected chi connectivity index (χ4v) is 2.81. The minimum absolute atomic E-state index is 0.0798. The Kier molecular flexibility index (Phi) is 5.12. The number of imide groups is 1. The highest BCUT2D eigenvalue weighted by Gasteiger charge is 2.33. The van der Waals surface area contributed by atoms with Gasteiger partial charge in [0.25, 0.3) is 17.7 Å². The van der Waals surface area contributed by atoms with Gasteiger partial charge in [0.15, 0.2) is 6.61 Å². The molecule has 0 aliphatic carbocycles. The van der Waals surface area contributed by atoms with Crippen LogP contribution >= 0.6 is 0 Å². The largest absolute Gasteiger partial charge is 0.495 e. The SMILES string of the molecule is COc1ccc(C)cc1NC(=O)COC(=O)c1ccc2c(c1)C(=O)N(C)C2=O. The van der Waals surface area contributed by atoms with Gasteiger partial charge in [-0.25, -0.2) is 4.79 Å². The third-order valence-corrected chi connectivity index (χ3v) is 4.29. The monoisotopic (exact) mass is 382 g/mol. The van der Waals surface area contributed by atoms with Crippen molar-refractivity contribution in [3.8, 4) is 5.75 Å². The summed E-state index contributed by atoms with van der Waals surface area (Å²) < 4.78 is 10.2. The summed E-state index contributed by atoms with van der Waals surface area (Å²) in [5.74, 6) is -1.74. The fourth-order valence-electron chi connectivity index (χ4n) is 2.81. The van der Waals surface area contributed by atoms with Crippen molar-refractivity contribution in [2.75, 3.05) is 26.1 Å². The molecule has 28 heavy (non-hydrogen) atoms. The third-order valence-electron chi connectivity index (χ3n) is 4.29. The molecule has 0 spiro atoms. The highest BCUT2D eigenvalue weighted by molar-refractivity contribution is 6.21. The highest BCUT2D eigenvalue weighted by Crippen LogP contribution is 2.25. The predicted octanol–water partition coefficient (Wildman–Crippen LogP) is 2.02. The van der Waals surface area contributed by atoms with Crippen LogP contribution in [0.4, 0.5) is 5.69 Å². The Morgan fingerprint density at radius 1 is 1.04 bits per heavy atom. The Balaban J connectivity index is 1.65. The maximum absolute atomic E-state index is 12.2. The standard InChI is InChI=1S/C20H18N2O6/c1-11-4-7-16(27-3)15(8-11)21-17(23)10-28-20(26)12-5-6-13-14(9-12)19(25)22(2)18(13)24/h4-9H,10H2,1-3H3,(H,21,23). The number of hydrogen-bond acceptors (Lipinski definition) is 6. The van der Waals surface area contributed by atoms with Crippen LogP contribution in [0.25, 0.3) is 0 Å². The van der Waals surface area contributed by atoms with E-state index in [0.717, 1.165) is 10.5 Å². The van der Waals surface area contributed by atoms with Crippen molar-refractivity contribution in [1.29, 1.82) is 0 Å². The second-order valence-electron chi connectivity index (χ2n) is 6.26. The number of carbonyl (C=O) groups excluding carboxylic acids is 4. The van der Waals surface area contributed by atoms with E-state index in [1.807, 2.05) is 13.0 Å². The zero-order chi connectivity index (χ0) is 20.4. The van der Waals surface area contributed by atoms with Gasteiger partial charge in [0.2, 0.25) is 0 Å². The normalized spacial score (nSPS) is 12.6. The Bertz CT molecular complexity index is 998. The maximum atomic E-state index is 12.2. The van der Waals surface area contributed by atoms with Gasteiger partial charge >= 0.3 is 5.97 Å². The van der Waals surface area contributed by atoms with Crippen molar-refractivity contribution in [3.05, 3.63) is 58.7 Å². The number of fused-ring (bicyclic) bond motifs is 1. The van der Waals surface area contributed by atoms with E-state index in [2.05, 4.69) is 5.32 Å². The van der Waals surface area contributed by atoms with Crippen LogP contribution in [0.2, 0.25) is 0 Å². The van der Waals surface area contributed by atoms with Crippen LogP contribution in [-0.2, 0) is 9.53 Å². The molecule has 8 nitrogen and oxygen atoms in total. The average Bonchev–Trinajstić information content (AvgIpc) is 2.90. The molecule has 3 amide bonds. The predicted molar refractivity (Wildman–Crippen MR) is 99.5 cm³/mol. The smallest absolute Gasteiger partial charge is 0.338 e. The molecule has 0 fully saturated rings. The maximum Gasteiger partial charge on any atom is 0.338 e. The second-order valence-corrected chi connectivity index (χ2v) is 6.26. The van der Waals surface area contributed by atoms with Gasteiger partial charge in [-0.15, -0.1) is 0 Å². The van der Waals surface area contributed by atoms with Crippen molar-refractivity contribution in [2.24, 2.45) is 0 Å². The van der Waals surface area contributed by atoms with E-state index in [4.69, 9.17) is 9.47 Å². The molecule has 0 saturated carbocycles. The lowest BCUT2D eigenvalue weighted by Gasteiger charge is -2.11. The van der Waals surface area contributed by atoms with Crippen molar-refractivity contribution in [1.82, 2.24) is 4.90 Å². The number of benzene rings is 2. The van der Waals surface area contributed by atoms with E-state index in [-0.39, 0.29) is 16.7 Å². The van der Waals surface area contributed by atoms with Crippen LogP contribution in [0, 0.1) is 6.92 Å². The van der Waals surface area contributed by atoms with Crippen LogP contribution in [0.1, 0.15) is 36.6 Å².